The highest BCUT2D eigenvalue weighted by molar-refractivity contribution is 7.16. The minimum absolute atomic E-state index is 0.0868. The van der Waals surface area contributed by atoms with Gasteiger partial charge in [0.25, 0.3) is 5.91 Å². The van der Waals surface area contributed by atoms with Gasteiger partial charge in [-0.1, -0.05) is 18.3 Å². The fourth-order valence-electron chi connectivity index (χ4n) is 5.98. The molecule has 2 aliphatic rings. The number of thiazole rings is 1. The van der Waals surface area contributed by atoms with Crippen LogP contribution in [0.25, 0.3) is 11.3 Å². The Kier molecular flexibility index (Phi) is 10.7. The number of likely N-dealkylation sites (tertiary alicyclic amines) is 1. The zero-order valence-corrected chi connectivity index (χ0v) is 26.7. The summed E-state index contributed by atoms with van der Waals surface area (Å²) in [5.74, 6) is -0.950. The van der Waals surface area contributed by atoms with Crippen molar-refractivity contribution < 1.29 is 32.6 Å². The molecule has 0 spiro atoms. The number of amides is 1. The van der Waals surface area contributed by atoms with Gasteiger partial charge in [-0.15, -0.1) is 0 Å². The number of piperazine rings is 1. The highest BCUT2D eigenvalue weighted by Gasteiger charge is 2.35. The predicted octanol–water partition coefficient (Wildman–Crippen LogP) is 5.24. The average molecular weight is 662 g/mol. The number of ether oxygens (including phenoxy) is 1. The molecule has 0 radical (unpaired) electrons. The molecule has 4 heterocycles. The van der Waals surface area contributed by atoms with E-state index in [9.17, 15) is 22.8 Å². The Morgan fingerprint density at radius 3 is 2.57 bits per heavy atom. The van der Waals surface area contributed by atoms with E-state index in [1.54, 1.807) is 12.3 Å². The van der Waals surface area contributed by atoms with Crippen molar-refractivity contribution in [2.75, 3.05) is 56.6 Å². The van der Waals surface area contributed by atoms with Gasteiger partial charge in [-0.05, 0) is 57.0 Å². The van der Waals surface area contributed by atoms with Crippen molar-refractivity contribution in [2.45, 2.75) is 57.8 Å². The average Bonchev–Trinajstić information content (AvgIpc) is 3.67. The molecule has 2 fully saturated rings. The van der Waals surface area contributed by atoms with Gasteiger partial charge >= 0.3 is 12.1 Å². The lowest BCUT2D eigenvalue weighted by Crippen LogP contribution is -2.47. The second-order valence-corrected chi connectivity index (χ2v) is 12.5. The summed E-state index contributed by atoms with van der Waals surface area (Å²) in [6.45, 7) is 7.19. The molecule has 1 atom stereocenters. The molecule has 1 aromatic carbocycles. The van der Waals surface area contributed by atoms with Crippen molar-refractivity contribution in [3.05, 3.63) is 46.7 Å². The number of nitrogens with zero attached hydrogens (tertiary/aromatic N) is 6. The van der Waals surface area contributed by atoms with E-state index < -0.39 is 23.6 Å². The number of hydrogen-bond donors (Lipinski definition) is 2. The molecule has 2 aromatic heterocycles. The summed E-state index contributed by atoms with van der Waals surface area (Å²) in [5.41, 5.74) is -0.125. The summed E-state index contributed by atoms with van der Waals surface area (Å²) in [5, 5.41) is 11.9. The maximum Gasteiger partial charge on any atom is 0.419 e. The topological polar surface area (TPSA) is 124 Å². The molecule has 2 N–H and O–H groups in total. The summed E-state index contributed by atoms with van der Waals surface area (Å²) in [6, 6.07) is 4.27. The van der Waals surface area contributed by atoms with Gasteiger partial charge in [-0.2, -0.15) is 13.2 Å². The first-order chi connectivity index (χ1) is 22.0. The molecule has 248 valence electrons. The van der Waals surface area contributed by atoms with Crippen molar-refractivity contribution in [3.63, 3.8) is 0 Å². The normalized spacial score (nSPS) is 17.8. The van der Waals surface area contributed by atoms with Crippen LogP contribution in [0.5, 0.6) is 5.75 Å². The van der Waals surface area contributed by atoms with E-state index in [0.29, 0.717) is 49.2 Å². The second-order valence-electron chi connectivity index (χ2n) is 11.4. The molecule has 0 unspecified atom stereocenters. The first-order valence-electron chi connectivity index (χ1n) is 15.4. The quantitative estimate of drug-likeness (QED) is 0.266. The van der Waals surface area contributed by atoms with E-state index in [1.807, 2.05) is 0 Å². The molecule has 46 heavy (non-hydrogen) atoms. The second kappa shape index (κ2) is 14.7. The number of alkyl halides is 3. The third-order valence-corrected chi connectivity index (χ3v) is 9.40. The van der Waals surface area contributed by atoms with E-state index in [2.05, 4.69) is 41.9 Å². The van der Waals surface area contributed by atoms with Crippen LogP contribution in [0.1, 0.15) is 60.0 Å². The number of carboxylic acid groups (broad SMARTS) is 1. The summed E-state index contributed by atoms with van der Waals surface area (Å²) in [4.78, 5) is 44.7. The molecule has 0 aliphatic carbocycles. The van der Waals surface area contributed by atoms with Crippen LogP contribution in [0.3, 0.4) is 0 Å². The lowest BCUT2D eigenvalue weighted by Gasteiger charge is -2.35. The smallest absolute Gasteiger partial charge is 0.419 e. The van der Waals surface area contributed by atoms with Crippen LogP contribution in [0.4, 0.5) is 24.1 Å². The fourth-order valence-corrected chi connectivity index (χ4v) is 6.99. The van der Waals surface area contributed by atoms with Gasteiger partial charge in [0.05, 0.1) is 30.8 Å². The molecule has 0 bridgehead atoms. The largest absolute Gasteiger partial charge is 0.496 e. The molecule has 2 saturated heterocycles. The monoisotopic (exact) mass is 661 g/mol. The van der Waals surface area contributed by atoms with E-state index in [-0.39, 0.29) is 23.0 Å². The van der Waals surface area contributed by atoms with Crippen molar-refractivity contribution in [1.82, 2.24) is 24.8 Å². The Labute approximate surface area is 269 Å². The number of benzene rings is 1. The molecular weight excluding hydrogens is 623 g/mol. The summed E-state index contributed by atoms with van der Waals surface area (Å²) < 4.78 is 46.5. The van der Waals surface area contributed by atoms with E-state index in [0.717, 1.165) is 56.4 Å². The van der Waals surface area contributed by atoms with E-state index in [4.69, 9.17) is 9.84 Å². The van der Waals surface area contributed by atoms with Gasteiger partial charge in [0, 0.05) is 55.6 Å². The maximum absolute atomic E-state index is 13.9. The molecule has 2 aliphatic heterocycles. The van der Waals surface area contributed by atoms with Gasteiger partial charge in [0.1, 0.15) is 17.3 Å². The number of aromatic nitrogens is 3. The Morgan fingerprint density at radius 1 is 1.13 bits per heavy atom. The molecule has 0 saturated carbocycles. The minimum Gasteiger partial charge on any atom is -0.496 e. The van der Waals surface area contributed by atoms with Crippen molar-refractivity contribution >= 4 is 34.2 Å². The molecule has 11 nitrogen and oxygen atoms in total. The lowest BCUT2D eigenvalue weighted by atomic mass is 10.1. The first-order valence-corrected chi connectivity index (χ1v) is 16.2. The number of hydrogen-bond acceptors (Lipinski definition) is 10. The molecule has 1 amide bonds. The van der Waals surface area contributed by atoms with Crippen LogP contribution >= 0.6 is 11.3 Å². The number of methoxy groups -OCH3 is 1. The van der Waals surface area contributed by atoms with Gasteiger partial charge in [-0.3, -0.25) is 24.7 Å². The Hall–Kier alpha value is -3.82. The molecule has 5 rings (SSSR count). The predicted molar refractivity (Wildman–Crippen MR) is 168 cm³/mol. The fraction of sp³-hybridized carbons (Fsp3) is 0.516. The highest BCUT2D eigenvalue weighted by Crippen LogP contribution is 2.41. The van der Waals surface area contributed by atoms with Crippen LogP contribution in [-0.2, 0) is 17.5 Å². The van der Waals surface area contributed by atoms with E-state index >= 15 is 0 Å². The number of rotatable bonds is 12. The van der Waals surface area contributed by atoms with Gasteiger partial charge in [0.2, 0.25) is 0 Å². The molecule has 15 heteroatoms. The summed E-state index contributed by atoms with van der Waals surface area (Å²) in [7, 11) is 1.20. The standard InChI is InChI=1S/C31H38F3N7O4S/c1-3-21-6-4-11-41(21)19-25-28(20-8-9-24(45-2)22(16-20)31(32,33)34)37-30(46-25)38-29(44)23-17-36-26(18-35-23)40-14-12-39(13-15-40)10-5-7-27(42)43/h8-9,16-18,21H,3-7,10-15,19H2,1-2H3,(H,42,43)(H,37,38,44)/t21-/m1/s1. The lowest BCUT2D eigenvalue weighted by molar-refractivity contribution is -0.139. The van der Waals surface area contributed by atoms with Crippen LogP contribution in [0.15, 0.2) is 30.6 Å². The van der Waals surface area contributed by atoms with E-state index in [1.165, 1.54) is 30.7 Å². The first kappa shape index (κ1) is 33.5. The Balaban J connectivity index is 1.30. The van der Waals surface area contributed by atoms with Gasteiger partial charge < -0.3 is 14.7 Å². The van der Waals surface area contributed by atoms with Gasteiger partial charge in [-0.25, -0.2) is 15.0 Å². The number of carbonyl (C=O) groups is 2. The van der Waals surface area contributed by atoms with Gasteiger partial charge in [0.15, 0.2) is 5.13 Å². The van der Waals surface area contributed by atoms with Crippen LogP contribution in [0, 0.1) is 0 Å². The van der Waals surface area contributed by atoms with Crippen molar-refractivity contribution in [3.8, 4) is 17.0 Å². The third-order valence-electron chi connectivity index (χ3n) is 8.45. The zero-order chi connectivity index (χ0) is 32.8. The summed E-state index contributed by atoms with van der Waals surface area (Å²) in [6.07, 6.45) is 2.16. The number of carboxylic acids is 1. The third kappa shape index (κ3) is 8.12. The van der Waals surface area contributed by atoms with Crippen molar-refractivity contribution in [2.24, 2.45) is 0 Å². The maximum atomic E-state index is 13.9. The summed E-state index contributed by atoms with van der Waals surface area (Å²) >= 11 is 1.24. The SMILES string of the molecule is CC[C@@H]1CCCN1Cc1sc(NC(=O)c2cnc(N3CCN(CCCC(=O)O)CC3)cn2)nc1-c1ccc(OC)c(C(F)(F)F)c1. The van der Waals surface area contributed by atoms with Crippen LogP contribution in [0.2, 0.25) is 0 Å². The number of anilines is 2. The Bertz CT molecular complexity index is 1510. The zero-order valence-electron chi connectivity index (χ0n) is 25.8. The number of aliphatic carboxylic acids is 1. The van der Waals surface area contributed by atoms with Crippen LogP contribution in [-0.4, -0.2) is 94.2 Å². The van der Waals surface area contributed by atoms with Crippen molar-refractivity contribution in [1.29, 1.82) is 0 Å². The number of carbonyl (C=O) groups excluding carboxylic acids is 1. The Morgan fingerprint density at radius 2 is 1.91 bits per heavy atom. The van der Waals surface area contributed by atoms with Crippen LogP contribution < -0.4 is 15.0 Å². The number of halogens is 3. The minimum atomic E-state index is -4.61. The number of nitrogens with one attached hydrogen (secondary N) is 1. The molecule has 3 aromatic rings. The highest BCUT2D eigenvalue weighted by atomic mass is 32.1. The molecular formula is C31H38F3N7O4S.